The number of benzene rings is 2. The number of aromatic nitrogens is 2. The van der Waals surface area contributed by atoms with Crippen LogP contribution in [0.3, 0.4) is 0 Å². The molecular formula is C14H9FN2O3S. The zero-order valence-electron chi connectivity index (χ0n) is 10.6. The minimum Gasteiger partial charge on any atom is -0.306 e. The number of rotatable bonds is 2. The van der Waals surface area contributed by atoms with Gasteiger partial charge in [-0.15, -0.1) is 3.89 Å². The summed E-state index contributed by atoms with van der Waals surface area (Å²) in [5, 5.41) is 0.426. The first-order valence-electron chi connectivity index (χ1n) is 5.99. The van der Waals surface area contributed by atoms with Gasteiger partial charge in [0.1, 0.15) is 5.82 Å². The fourth-order valence-electron chi connectivity index (χ4n) is 2.02. The van der Waals surface area contributed by atoms with Crippen LogP contribution in [0.2, 0.25) is 0 Å². The molecule has 0 aliphatic rings. The number of hydrogen-bond donors (Lipinski definition) is 1. The monoisotopic (exact) mass is 304 g/mol. The molecular weight excluding hydrogens is 295 g/mol. The van der Waals surface area contributed by atoms with E-state index in [-0.39, 0.29) is 11.4 Å². The van der Waals surface area contributed by atoms with Crippen LogP contribution < -0.4 is 5.56 Å². The first kappa shape index (κ1) is 13.4. The van der Waals surface area contributed by atoms with Crippen molar-refractivity contribution in [2.45, 2.75) is 4.90 Å². The molecule has 1 heterocycles. The Kier molecular flexibility index (Phi) is 3.06. The SMILES string of the molecule is O=c1[nH]c(-c2cccc(S(=O)(=O)F)c2)nc2ccccc12. The van der Waals surface area contributed by atoms with Gasteiger partial charge in [-0.2, -0.15) is 8.42 Å². The first-order chi connectivity index (χ1) is 9.95. The van der Waals surface area contributed by atoms with Crippen molar-refractivity contribution < 1.29 is 12.3 Å². The van der Waals surface area contributed by atoms with Crippen LogP contribution in [0.1, 0.15) is 0 Å². The molecule has 0 aliphatic heterocycles. The minimum atomic E-state index is -4.81. The molecule has 0 atom stereocenters. The predicted octanol–water partition coefficient (Wildman–Crippen LogP) is 2.25. The highest BCUT2D eigenvalue weighted by Crippen LogP contribution is 2.21. The molecule has 0 fully saturated rings. The Morgan fingerprint density at radius 1 is 1.05 bits per heavy atom. The zero-order valence-corrected chi connectivity index (χ0v) is 11.4. The van der Waals surface area contributed by atoms with Crippen molar-refractivity contribution in [3.63, 3.8) is 0 Å². The summed E-state index contributed by atoms with van der Waals surface area (Å²) in [7, 11) is -4.81. The van der Waals surface area contributed by atoms with Gasteiger partial charge in [-0.3, -0.25) is 4.79 Å². The van der Waals surface area contributed by atoms with Crippen molar-refractivity contribution in [3.8, 4) is 11.4 Å². The molecule has 0 saturated heterocycles. The van der Waals surface area contributed by atoms with Gasteiger partial charge in [-0.25, -0.2) is 4.98 Å². The van der Waals surface area contributed by atoms with Crippen molar-refractivity contribution in [2.24, 2.45) is 0 Å². The number of H-pyrrole nitrogens is 1. The maximum Gasteiger partial charge on any atom is 0.332 e. The lowest BCUT2D eigenvalue weighted by atomic mass is 10.2. The topological polar surface area (TPSA) is 79.9 Å². The van der Waals surface area contributed by atoms with E-state index in [1.807, 2.05) is 0 Å². The van der Waals surface area contributed by atoms with Gasteiger partial charge in [0.05, 0.1) is 15.8 Å². The van der Waals surface area contributed by atoms with E-state index in [0.717, 1.165) is 12.1 Å². The van der Waals surface area contributed by atoms with Gasteiger partial charge in [-0.1, -0.05) is 24.3 Å². The Morgan fingerprint density at radius 2 is 1.81 bits per heavy atom. The second-order valence-corrected chi connectivity index (χ2v) is 5.74. The summed E-state index contributed by atoms with van der Waals surface area (Å²) in [4.78, 5) is 18.3. The predicted molar refractivity (Wildman–Crippen MR) is 76.1 cm³/mol. The van der Waals surface area contributed by atoms with Crippen LogP contribution in [-0.2, 0) is 10.2 Å². The van der Waals surface area contributed by atoms with Crippen molar-refractivity contribution in [3.05, 3.63) is 58.9 Å². The van der Waals surface area contributed by atoms with Crippen molar-refractivity contribution in [2.75, 3.05) is 0 Å². The third-order valence-electron chi connectivity index (χ3n) is 3.00. The van der Waals surface area contributed by atoms with Crippen LogP contribution >= 0.6 is 0 Å². The van der Waals surface area contributed by atoms with E-state index in [9.17, 15) is 17.1 Å². The molecule has 2 aromatic carbocycles. The van der Waals surface area contributed by atoms with Gasteiger partial charge >= 0.3 is 10.2 Å². The van der Waals surface area contributed by atoms with E-state index in [2.05, 4.69) is 9.97 Å². The molecule has 0 spiro atoms. The maximum absolute atomic E-state index is 13.0. The number of fused-ring (bicyclic) bond motifs is 1. The van der Waals surface area contributed by atoms with E-state index in [0.29, 0.717) is 16.5 Å². The molecule has 7 heteroatoms. The molecule has 0 amide bonds. The van der Waals surface area contributed by atoms with E-state index in [1.165, 1.54) is 6.07 Å². The van der Waals surface area contributed by atoms with E-state index in [4.69, 9.17) is 0 Å². The van der Waals surface area contributed by atoms with Crippen LogP contribution in [0.25, 0.3) is 22.3 Å². The Morgan fingerprint density at radius 3 is 2.57 bits per heavy atom. The maximum atomic E-state index is 13.0. The second-order valence-electron chi connectivity index (χ2n) is 4.40. The number of nitrogens with zero attached hydrogens (tertiary/aromatic N) is 1. The highest BCUT2D eigenvalue weighted by Gasteiger charge is 2.13. The zero-order chi connectivity index (χ0) is 15.0. The second kappa shape index (κ2) is 4.78. The fraction of sp³-hybridized carbons (Fsp3) is 0. The summed E-state index contributed by atoms with van der Waals surface area (Å²) >= 11 is 0. The summed E-state index contributed by atoms with van der Waals surface area (Å²) in [6, 6.07) is 12.0. The molecule has 0 radical (unpaired) electrons. The number of para-hydroxylation sites is 1. The summed E-state index contributed by atoms with van der Waals surface area (Å²) in [5.41, 5.74) is 0.449. The molecule has 1 aromatic heterocycles. The van der Waals surface area contributed by atoms with Crippen LogP contribution in [-0.4, -0.2) is 18.4 Å². The van der Waals surface area contributed by atoms with Crippen molar-refractivity contribution in [1.82, 2.24) is 9.97 Å². The van der Waals surface area contributed by atoms with E-state index < -0.39 is 15.1 Å². The van der Waals surface area contributed by atoms with Crippen LogP contribution in [0.15, 0.2) is 58.2 Å². The summed E-state index contributed by atoms with van der Waals surface area (Å²) in [6.07, 6.45) is 0. The van der Waals surface area contributed by atoms with Gasteiger partial charge in [0, 0.05) is 5.56 Å². The average Bonchev–Trinajstić information content (AvgIpc) is 2.46. The number of halogens is 1. The Labute approximate surface area is 119 Å². The van der Waals surface area contributed by atoms with E-state index in [1.54, 1.807) is 30.3 Å². The van der Waals surface area contributed by atoms with Gasteiger partial charge < -0.3 is 4.98 Å². The number of nitrogens with one attached hydrogen (secondary N) is 1. The summed E-state index contributed by atoms with van der Waals surface area (Å²) in [6.45, 7) is 0. The number of hydrogen-bond acceptors (Lipinski definition) is 4. The Bertz CT molecular complexity index is 996. The normalized spacial score (nSPS) is 11.7. The lowest BCUT2D eigenvalue weighted by Crippen LogP contribution is -2.09. The lowest BCUT2D eigenvalue weighted by molar-refractivity contribution is 0.552. The largest absolute Gasteiger partial charge is 0.332 e. The molecule has 106 valence electrons. The van der Waals surface area contributed by atoms with Crippen LogP contribution in [0.5, 0.6) is 0 Å². The molecule has 0 saturated carbocycles. The molecule has 21 heavy (non-hydrogen) atoms. The standard InChI is InChI=1S/C14H9FN2O3S/c15-21(19,20)10-5-3-4-9(8-10)13-16-12-7-2-1-6-11(12)14(18)17-13/h1-8H,(H,16,17,18). The average molecular weight is 304 g/mol. The third-order valence-corrected chi connectivity index (χ3v) is 3.82. The highest BCUT2D eigenvalue weighted by atomic mass is 32.3. The van der Waals surface area contributed by atoms with Crippen LogP contribution in [0, 0.1) is 0 Å². The number of aromatic amines is 1. The third kappa shape index (κ3) is 2.55. The smallest absolute Gasteiger partial charge is 0.306 e. The van der Waals surface area contributed by atoms with Crippen molar-refractivity contribution in [1.29, 1.82) is 0 Å². The molecule has 0 bridgehead atoms. The molecule has 0 unspecified atom stereocenters. The first-order valence-corrected chi connectivity index (χ1v) is 7.38. The molecule has 0 aliphatic carbocycles. The van der Waals surface area contributed by atoms with Gasteiger partial charge in [-0.05, 0) is 24.3 Å². The van der Waals surface area contributed by atoms with Crippen molar-refractivity contribution >= 4 is 21.1 Å². The summed E-state index contributed by atoms with van der Waals surface area (Å²) in [5.74, 6) is 0.184. The van der Waals surface area contributed by atoms with Crippen LogP contribution in [0.4, 0.5) is 3.89 Å². The lowest BCUT2D eigenvalue weighted by Gasteiger charge is -2.04. The Balaban J connectivity index is 2.24. The van der Waals surface area contributed by atoms with Gasteiger partial charge in [0.15, 0.2) is 0 Å². The fourth-order valence-corrected chi connectivity index (χ4v) is 2.53. The summed E-state index contributed by atoms with van der Waals surface area (Å²) < 4.78 is 34.9. The van der Waals surface area contributed by atoms with E-state index >= 15 is 0 Å². The molecule has 3 rings (SSSR count). The molecule has 1 N–H and O–H groups in total. The molecule has 3 aromatic rings. The Hall–Kier alpha value is -2.54. The molecule has 5 nitrogen and oxygen atoms in total. The van der Waals surface area contributed by atoms with Gasteiger partial charge in [0.25, 0.3) is 5.56 Å². The highest BCUT2D eigenvalue weighted by molar-refractivity contribution is 7.86. The van der Waals surface area contributed by atoms with Gasteiger partial charge in [0.2, 0.25) is 0 Å². The quantitative estimate of drug-likeness (QED) is 0.736. The minimum absolute atomic E-state index is 0.184.